The van der Waals surface area contributed by atoms with Crippen molar-refractivity contribution >= 4 is 28.5 Å². The van der Waals surface area contributed by atoms with Crippen molar-refractivity contribution in [2.45, 2.75) is 20.8 Å². The van der Waals surface area contributed by atoms with Gasteiger partial charge in [-0.1, -0.05) is 47.5 Å². The maximum absolute atomic E-state index is 13.5. The molecule has 0 fully saturated rings. The molecule has 3 nitrogen and oxygen atoms in total. The summed E-state index contributed by atoms with van der Waals surface area (Å²) in [6.45, 7) is 7.51. The van der Waals surface area contributed by atoms with Gasteiger partial charge in [0.2, 0.25) is 0 Å². The van der Waals surface area contributed by atoms with Crippen LogP contribution in [0.25, 0.3) is 26.7 Å². The predicted molar refractivity (Wildman–Crippen MR) is 115 cm³/mol. The van der Waals surface area contributed by atoms with Crippen LogP contribution in [0.3, 0.4) is 0 Å². The Bertz CT molecular complexity index is 984. The number of hydrogen-bond acceptors (Lipinski definition) is 3. The average molecular weight is 422 g/mol. The van der Waals surface area contributed by atoms with Gasteiger partial charge in [-0.05, 0) is 32.4 Å². The van der Waals surface area contributed by atoms with E-state index in [1.807, 2.05) is 44.2 Å². The molecule has 0 aliphatic rings. The van der Waals surface area contributed by atoms with E-state index in [9.17, 15) is 8.78 Å². The van der Waals surface area contributed by atoms with Crippen molar-refractivity contribution in [3.8, 4) is 21.1 Å². The van der Waals surface area contributed by atoms with E-state index in [0.29, 0.717) is 15.7 Å². The van der Waals surface area contributed by atoms with Crippen LogP contribution in [0.5, 0.6) is 0 Å². The van der Waals surface area contributed by atoms with E-state index in [1.54, 1.807) is 13.1 Å². The largest absolute Gasteiger partial charge is 0.248 e. The Morgan fingerprint density at radius 2 is 1.93 bits per heavy atom. The second kappa shape index (κ2) is 9.75. The first-order valence-corrected chi connectivity index (χ1v) is 9.78. The average Bonchev–Trinajstić information content (AvgIpc) is 3.19. The summed E-state index contributed by atoms with van der Waals surface area (Å²) in [5.41, 5.74) is 2.08. The number of alkyl halides is 1. The SMILES string of the molecule is C/C(F)=C(\CF)c1nc(-c2sc(-c3ccc(C)cc3)cc2Cl)n(C)n1.C=CC. The standard InChI is InChI=1S/C18H16ClF2N3S.C3H6/c1-10-4-6-12(7-5-10)15-8-14(19)16(25-15)18-22-17(23-24(18)3)13(9-20)11(2)21;1-3-2/h4-8H,9H2,1-3H3;3H,1H2,2H3/b13-11-;. The van der Waals surface area contributed by atoms with Gasteiger partial charge in [0.05, 0.1) is 15.5 Å². The molecule has 2 heterocycles. The van der Waals surface area contributed by atoms with Gasteiger partial charge in [-0.15, -0.1) is 17.9 Å². The minimum absolute atomic E-state index is 0.0429. The zero-order valence-electron chi connectivity index (χ0n) is 16.3. The first-order chi connectivity index (χ1) is 13.3. The molecule has 0 bridgehead atoms. The molecule has 2 aromatic heterocycles. The van der Waals surface area contributed by atoms with Crippen molar-refractivity contribution in [3.63, 3.8) is 0 Å². The van der Waals surface area contributed by atoms with Gasteiger partial charge in [-0.3, -0.25) is 0 Å². The molecular formula is C21H22ClF2N3S. The Labute approximate surface area is 173 Å². The zero-order chi connectivity index (χ0) is 20.8. The Morgan fingerprint density at radius 3 is 2.46 bits per heavy atom. The topological polar surface area (TPSA) is 30.7 Å². The van der Waals surface area contributed by atoms with Crippen LogP contribution in [-0.2, 0) is 7.05 Å². The van der Waals surface area contributed by atoms with Crippen molar-refractivity contribution in [1.29, 1.82) is 0 Å². The second-order valence-electron chi connectivity index (χ2n) is 6.09. The molecule has 0 amide bonds. The van der Waals surface area contributed by atoms with E-state index in [1.165, 1.54) is 28.5 Å². The van der Waals surface area contributed by atoms with Crippen molar-refractivity contribution in [1.82, 2.24) is 14.8 Å². The molecule has 28 heavy (non-hydrogen) atoms. The van der Waals surface area contributed by atoms with Gasteiger partial charge >= 0.3 is 0 Å². The third-order valence-corrected chi connectivity index (χ3v) is 5.40. The quantitative estimate of drug-likeness (QED) is 0.423. The smallest absolute Gasteiger partial charge is 0.182 e. The second-order valence-corrected chi connectivity index (χ2v) is 7.55. The summed E-state index contributed by atoms with van der Waals surface area (Å²) in [5, 5.41) is 4.66. The maximum Gasteiger partial charge on any atom is 0.182 e. The first kappa shape index (κ1) is 22.0. The molecule has 3 aromatic rings. The molecule has 0 unspecified atom stereocenters. The molecule has 0 aliphatic heterocycles. The fourth-order valence-electron chi connectivity index (χ4n) is 2.40. The van der Waals surface area contributed by atoms with Gasteiger partial charge in [0.1, 0.15) is 12.5 Å². The summed E-state index contributed by atoms with van der Waals surface area (Å²) in [7, 11) is 1.68. The van der Waals surface area contributed by atoms with Crippen LogP contribution < -0.4 is 0 Å². The number of rotatable bonds is 4. The lowest BCUT2D eigenvalue weighted by atomic mass is 10.1. The van der Waals surface area contributed by atoms with Gasteiger partial charge in [0.15, 0.2) is 11.6 Å². The fourth-order valence-corrected chi connectivity index (χ4v) is 3.85. The molecule has 1 aromatic carbocycles. The minimum Gasteiger partial charge on any atom is -0.248 e. The van der Waals surface area contributed by atoms with E-state index in [2.05, 4.69) is 16.7 Å². The lowest BCUT2D eigenvalue weighted by Gasteiger charge is -1.98. The number of aryl methyl sites for hydroxylation is 2. The van der Waals surface area contributed by atoms with Crippen LogP contribution in [0.2, 0.25) is 5.02 Å². The number of nitrogens with zero attached hydrogens (tertiary/aromatic N) is 3. The highest BCUT2D eigenvalue weighted by atomic mass is 35.5. The van der Waals surface area contributed by atoms with Crippen molar-refractivity contribution in [3.05, 3.63) is 65.2 Å². The molecule has 3 rings (SSSR count). The van der Waals surface area contributed by atoms with Crippen LogP contribution in [0.4, 0.5) is 8.78 Å². The zero-order valence-corrected chi connectivity index (χ0v) is 17.8. The van der Waals surface area contributed by atoms with Gasteiger partial charge in [0, 0.05) is 11.9 Å². The van der Waals surface area contributed by atoms with Gasteiger partial charge < -0.3 is 0 Å². The Hall–Kier alpha value is -2.31. The summed E-state index contributed by atoms with van der Waals surface area (Å²) < 4.78 is 28.0. The molecule has 7 heteroatoms. The Balaban J connectivity index is 0.000000878. The molecule has 0 atom stereocenters. The lowest BCUT2D eigenvalue weighted by molar-refractivity contribution is 0.552. The molecule has 0 saturated heterocycles. The van der Waals surface area contributed by atoms with E-state index >= 15 is 0 Å². The van der Waals surface area contributed by atoms with Crippen LogP contribution in [-0.4, -0.2) is 21.4 Å². The highest BCUT2D eigenvalue weighted by Gasteiger charge is 2.20. The summed E-state index contributed by atoms with van der Waals surface area (Å²) in [5.74, 6) is -0.103. The Kier molecular flexibility index (Phi) is 7.66. The number of thiophene rings is 1. The molecule has 0 saturated carbocycles. The lowest BCUT2D eigenvalue weighted by Crippen LogP contribution is -1.95. The monoisotopic (exact) mass is 421 g/mol. The normalized spacial score (nSPS) is 11.5. The molecule has 0 aliphatic carbocycles. The highest BCUT2D eigenvalue weighted by molar-refractivity contribution is 7.19. The first-order valence-electron chi connectivity index (χ1n) is 8.58. The van der Waals surface area contributed by atoms with E-state index in [-0.39, 0.29) is 11.4 Å². The van der Waals surface area contributed by atoms with Gasteiger partial charge in [-0.2, -0.15) is 5.10 Å². The summed E-state index contributed by atoms with van der Waals surface area (Å²) in [6, 6.07) is 9.99. The van der Waals surface area contributed by atoms with Crippen LogP contribution in [0.1, 0.15) is 25.2 Å². The number of benzene rings is 1. The van der Waals surface area contributed by atoms with Crippen LogP contribution in [0.15, 0.2) is 48.8 Å². The number of aromatic nitrogens is 3. The molecule has 148 valence electrons. The minimum atomic E-state index is -0.960. The van der Waals surface area contributed by atoms with E-state index in [4.69, 9.17) is 11.6 Å². The molecule has 0 radical (unpaired) electrons. The number of halogens is 3. The van der Waals surface area contributed by atoms with Crippen molar-refractivity contribution < 1.29 is 8.78 Å². The molecule has 0 spiro atoms. The van der Waals surface area contributed by atoms with Crippen LogP contribution in [0, 0.1) is 6.92 Å². The third kappa shape index (κ3) is 4.94. The third-order valence-electron chi connectivity index (χ3n) is 3.81. The number of allylic oxidation sites excluding steroid dienone is 3. The molecule has 0 N–H and O–H groups in total. The predicted octanol–water partition coefficient (Wildman–Crippen LogP) is 7.03. The Morgan fingerprint density at radius 1 is 1.32 bits per heavy atom. The van der Waals surface area contributed by atoms with Gasteiger partial charge in [0.25, 0.3) is 0 Å². The number of hydrogen-bond donors (Lipinski definition) is 0. The maximum atomic E-state index is 13.5. The van der Waals surface area contributed by atoms with E-state index in [0.717, 1.165) is 10.4 Å². The summed E-state index contributed by atoms with van der Waals surface area (Å²) in [4.78, 5) is 6.00. The highest BCUT2D eigenvalue weighted by Crippen LogP contribution is 2.40. The van der Waals surface area contributed by atoms with Crippen molar-refractivity contribution in [2.24, 2.45) is 7.05 Å². The van der Waals surface area contributed by atoms with Crippen LogP contribution >= 0.6 is 22.9 Å². The summed E-state index contributed by atoms with van der Waals surface area (Å²) >= 11 is 7.85. The van der Waals surface area contributed by atoms with Gasteiger partial charge in [-0.25, -0.2) is 18.4 Å². The van der Waals surface area contributed by atoms with Crippen molar-refractivity contribution in [2.75, 3.05) is 6.67 Å². The molecular weight excluding hydrogens is 400 g/mol. The fraction of sp³-hybridized carbons (Fsp3) is 0.238. The van der Waals surface area contributed by atoms with E-state index < -0.39 is 12.5 Å². The summed E-state index contributed by atoms with van der Waals surface area (Å²) in [6.07, 6.45) is 1.75.